The van der Waals surface area contributed by atoms with E-state index in [2.05, 4.69) is 20.2 Å². The number of β-amino-alcohol motifs (C(OH)–C–C–N with tert-alkyl or cyclic N) is 1. The van der Waals surface area contributed by atoms with Crippen LogP contribution in [-0.2, 0) is 7.05 Å². The zero-order valence-electron chi connectivity index (χ0n) is 17.9. The Hall–Kier alpha value is -3.44. The van der Waals surface area contributed by atoms with Gasteiger partial charge in [0.15, 0.2) is 11.6 Å². The highest BCUT2D eigenvalue weighted by Crippen LogP contribution is 2.41. The molecule has 33 heavy (non-hydrogen) atoms. The van der Waals surface area contributed by atoms with Gasteiger partial charge in [0.05, 0.1) is 30.7 Å². The van der Waals surface area contributed by atoms with Crippen molar-refractivity contribution in [3.8, 4) is 23.0 Å². The molecule has 1 aromatic carbocycles. The van der Waals surface area contributed by atoms with E-state index in [1.807, 2.05) is 0 Å². The van der Waals surface area contributed by atoms with Crippen molar-refractivity contribution in [1.82, 2.24) is 34.2 Å². The summed E-state index contributed by atoms with van der Waals surface area (Å²) in [6.45, 7) is 0.774. The number of likely N-dealkylation sites (tertiary alicyclic amines) is 1. The van der Waals surface area contributed by atoms with Crippen LogP contribution >= 0.6 is 11.6 Å². The van der Waals surface area contributed by atoms with Gasteiger partial charge in [-0.15, -0.1) is 0 Å². The summed E-state index contributed by atoms with van der Waals surface area (Å²) in [5, 5.41) is 17.2. The molecule has 1 atom stereocenters. The molecule has 4 aromatic rings. The molecule has 3 aromatic heterocycles. The van der Waals surface area contributed by atoms with Crippen molar-refractivity contribution in [2.24, 2.45) is 7.05 Å². The minimum atomic E-state index is -0.643. The molecule has 5 rings (SSSR count). The van der Waals surface area contributed by atoms with Crippen molar-refractivity contribution in [3.05, 3.63) is 41.5 Å². The summed E-state index contributed by atoms with van der Waals surface area (Å²) in [6.07, 6.45) is 5.70. The van der Waals surface area contributed by atoms with Crippen LogP contribution < -0.4 is 4.74 Å². The highest BCUT2D eigenvalue weighted by atomic mass is 35.5. The maximum atomic E-state index is 15.3. The van der Waals surface area contributed by atoms with Gasteiger partial charge in [0, 0.05) is 37.9 Å². The molecule has 2 N–H and O–H groups in total. The number of ether oxygens (including phenoxy) is 1. The number of amides is 1. The molecular formula is C21H21ClFN7O3. The van der Waals surface area contributed by atoms with Crippen molar-refractivity contribution in [2.45, 2.75) is 18.9 Å². The molecule has 0 bridgehead atoms. The van der Waals surface area contributed by atoms with Crippen LogP contribution in [0.15, 0.2) is 24.8 Å². The summed E-state index contributed by atoms with van der Waals surface area (Å²) < 4.78 is 23.8. The predicted molar refractivity (Wildman–Crippen MR) is 118 cm³/mol. The topological polar surface area (TPSA) is 114 Å². The molecule has 0 unspecified atom stereocenters. The van der Waals surface area contributed by atoms with Gasteiger partial charge < -0.3 is 23.9 Å². The van der Waals surface area contributed by atoms with Crippen molar-refractivity contribution >= 4 is 28.4 Å². The molecule has 10 nitrogen and oxygen atoms in total. The Morgan fingerprint density at radius 2 is 2.24 bits per heavy atom. The lowest BCUT2D eigenvalue weighted by Gasteiger charge is -2.29. The number of aliphatic hydroxyl groups is 1. The number of rotatable bonds is 4. The summed E-state index contributed by atoms with van der Waals surface area (Å²) in [5.41, 5.74) is 1.25. The van der Waals surface area contributed by atoms with Crippen molar-refractivity contribution in [3.63, 3.8) is 0 Å². The second kappa shape index (κ2) is 8.16. The number of aromatic nitrogens is 6. The number of halogens is 2. The molecule has 12 heteroatoms. The lowest BCUT2D eigenvalue weighted by atomic mass is 10.1. The van der Waals surface area contributed by atoms with E-state index < -0.39 is 11.9 Å². The molecule has 1 fully saturated rings. The van der Waals surface area contributed by atoms with Crippen molar-refractivity contribution in [1.29, 1.82) is 0 Å². The van der Waals surface area contributed by atoms with E-state index in [1.165, 1.54) is 7.11 Å². The second-order valence-corrected chi connectivity index (χ2v) is 8.26. The molecule has 1 saturated heterocycles. The first-order chi connectivity index (χ1) is 15.9. The molecule has 1 amide bonds. The number of carbonyl (C=O) groups is 1. The van der Waals surface area contributed by atoms with Crippen LogP contribution in [0.25, 0.3) is 28.1 Å². The van der Waals surface area contributed by atoms with Crippen molar-refractivity contribution in [2.75, 3.05) is 20.2 Å². The van der Waals surface area contributed by atoms with Gasteiger partial charge in [-0.05, 0) is 18.9 Å². The largest absolute Gasteiger partial charge is 0.495 e. The monoisotopic (exact) mass is 473 g/mol. The maximum Gasteiger partial charge on any atom is 0.291 e. The van der Waals surface area contributed by atoms with Gasteiger partial charge in [-0.2, -0.15) is 5.10 Å². The zero-order valence-corrected chi connectivity index (χ0v) is 18.7. The van der Waals surface area contributed by atoms with E-state index in [0.717, 1.165) is 0 Å². The average Bonchev–Trinajstić information content (AvgIpc) is 3.55. The number of hydrogen-bond donors (Lipinski definition) is 2. The summed E-state index contributed by atoms with van der Waals surface area (Å²) in [4.78, 5) is 23.0. The van der Waals surface area contributed by atoms with Gasteiger partial charge >= 0.3 is 0 Å². The zero-order chi connectivity index (χ0) is 23.3. The number of benzene rings is 1. The maximum absolute atomic E-state index is 15.3. The van der Waals surface area contributed by atoms with E-state index in [0.29, 0.717) is 36.2 Å². The van der Waals surface area contributed by atoms with Gasteiger partial charge in [-0.3, -0.25) is 9.89 Å². The van der Waals surface area contributed by atoms with Crippen LogP contribution in [-0.4, -0.2) is 71.5 Å². The Morgan fingerprint density at radius 3 is 2.94 bits per heavy atom. The summed E-state index contributed by atoms with van der Waals surface area (Å²) >= 11 is 6.18. The number of nitrogens with zero attached hydrogens (tertiary/aromatic N) is 6. The third-order valence-corrected chi connectivity index (χ3v) is 6.22. The fraction of sp³-hybridized carbons (Fsp3) is 0.333. The summed E-state index contributed by atoms with van der Waals surface area (Å²) in [5.74, 6) is -0.568. The third-order valence-electron chi connectivity index (χ3n) is 5.86. The summed E-state index contributed by atoms with van der Waals surface area (Å²) in [7, 11) is 3.08. The van der Waals surface area contributed by atoms with E-state index in [1.54, 1.807) is 45.9 Å². The number of fused-ring (bicyclic) bond motifs is 1. The molecule has 0 spiro atoms. The Balaban J connectivity index is 1.68. The Labute approximate surface area is 192 Å². The number of methoxy groups -OCH3 is 1. The normalized spacial score (nSPS) is 16.5. The number of aliphatic hydroxyl groups excluding tert-OH is 1. The number of piperidine rings is 1. The first-order valence-electron chi connectivity index (χ1n) is 10.3. The van der Waals surface area contributed by atoms with Gasteiger partial charge in [0.25, 0.3) is 5.91 Å². The second-order valence-electron chi connectivity index (χ2n) is 7.88. The molecule has 1 aliphatic rings. The first kappa shape index (κ1) is 21.4. The summed E-state index contributed by atoms with van der Waals surface area (Å²) in [6, 6.07) is 1.65. The molecule has 172 valence electrons. The quantitative estimate of drug-likeness (QED) is 0.471. The fourth-order valence-electron chi connectivity index (χ4n) is 4.31. The van der Waals surface area contributed by atoms with Crippen LogP contribution in [0.3, 0.4) is 0 Å². The van der Waals surface area contributed by atoms with Crippen LogP contribution in [0.2, 0.25) is 5.02 Å². The van der Waals surface area contributed by atoms with Crippen molar-refractivity contribution < 1.29 is 19.0 Å². The van der Waals surface area contributed by atoms with E-state index in [4.69, 9.17) is 16.3 Å². The number of aryl methyl sites for hydroxylation is 1. The minimum absolute atomic E-state index is 0.0389. The molecule has 0 radical (unpaired) electrons. The van der Waals surface area contributed by atoms with E-state index in [-0.39, 0.29) is 40.4 Å². The van der Waals surface area contributed by atoms with Crippen LogP contribution in [0.4, 0.5) is 4.39 Å². The Morgan fingerprint density at radius 1 is 1.42 bits per heavy atom. The number of H-pyrrole nitrogens is 1. The number of imidazole rings is 1. The van der Waals surface area contributed by atoms with Crippen LogP contribution in [0.1, 0.15) is 23.5 Å². The highest BCUT2D eigenvalue weighted by Gasteiger charge is 2.29. The molecular weight excluding hydrogens is 453 g/mol. The highest BCUT2D eigenvalue weighted by molar-refractivity contribution is 6.33. The third kappa shape index (κ3) is 3.44. The molecule has 0 aliphatic carbocycles. The number of hydrogen-bond acceptors (Lipinski definition) is 6. The van der Waals surface area contributed by atoms with E-state index >= 15 is 4.39 Å². The fourth-order valence-corrected chi connectivity index (χ4v) is 4.53. The number of nitrogens with one attached hydrogen (secondary N) is 1. The standard InChI is InChI=1S/C21H21ClFN7O3/c1-28-16-12(8-13(33-2)14(22)15(16)23)17(30-7-5-24-10-30)18(28)19-25-20(27-26-19)21(32)29-6-3-4-11(31)9-29/h5,7-8,10-11,31H,3-4,6,9H2,1-2H3,(H,25,26,27)/t11-/m1/s1. The lowest BCUT2D eigenvalue weighted by Crippen LogP contribution is -2.42. The first-order valence-corrected chi connectivity index (χ1v) is 10.7. The average molecular weight is 474 g/mol. The van der Waals surface area contributed by atoms with E-state index in [9.17, 15) is 9.90 Å². The van der Waals surface area contributed by atoms with Gasteiger partial charge in [-0.25, -0.2) is 14.4 Å². The molecule has 0 saturated carbocycles. The molecule has 1 aliphatic heterocycles. The SMILES string of the molecule is COc1cc2c(-n3ccnc3)c(-c3n[nH]c(C(=O)N4CCC[C@@H](O)C4)n3)n(C)c2c(F)c1Cl. The Bertz CT molecular complexity index is 1350. The molecule has 4 heterocycles. The van der Waals surface area contributed by atoms with Gasteiger partial charge in [0.2, 0.25) is 5.82 Å². The Kier molecular flexibility index (Phi) is 5.29. The van der Waals surface area contributed by atoms with Gasteiger partial charge in [-0.1, -0.05) is 11.6 Å². The number of carbonyl (C=O) groups excluding carboxylic acids is 1. The lowest BCUT2D eigenvalue weighted by molar-refractivity contribution is 0.0464. The predicted octanol–water partition coefficient (Wildman–Crippen LogP) is 2.55. The smallest absolute Gasteiger partial charge is 0.291 e. The van der Waals surface area contributed by atoms with Crippen LogP contribution in [0.5, 0.6) is 5.75 Å². The number of aromatic amines is 1. The van der Waals surface area contributed by atoms with Crippen LogP contribution in [0, 0.1) is 5.82 Å². The minimum Gasteiger partial charge on any atom is -0.495 e. The van der Waals surface area contributed by atoms with Gasteiger partial charge in [0.1, 0.15) is 16.5 Å².